The van der Waals surface area contributed by atoms with Crippen LogP contribution in [0, 0.1) is 0 Å². The van der Waals surface area contributed by atoms with E-state index >= 15 is 0 Å². The maximum atomic E-state index is 13.0. The van der Waals surface area contributed by atoms with Crippen LogP contribution < -0.4 is 0 Å². The van der Waals surface area contributed by atoms with Crippen molar-refractivity contribution in [1.29, 1.82) is 0 Å². The standard InChI is InChI=1S/C22H23NO2S/c24-22(14-17-9-10-18-5-1-2-6-19(18)13-17)23(15-20-7-3-11-25-20)16-21-8-4-12-26-21/h1-2,4-6,8-10,12-13,20H,3,7,11,14-16H2. The molecule has 1 aliphatic rings. The molecule has 0 N–H and O–H groups in total. The second-order valence-electron chi connectivity index (χ2n) is 6.85. The van der Waals surface area contributed by atoms with Crippen LogP contribution in [-0.4, -0.2) is 30.1 Å². The molecule has 0 radical (unpaired) electrons. The fourth-order valence-corrected chi connectivity index (χ4v) is 4.23. The van der Waals surface area contributed by atoms with Gasteiger partial charge in [0.15, 0.2) is 0 Å². The number of carbonyl (C=O) groups is 1. The molecule has 1 aliphatic heterocycles. The monoisotopic (exact) mass is 365 g/mol. The number of nitrogens with zero attached hydrogens (tertiary/aromatic N) is 1. The normalized spacial score (nSPS) is 16.8. The van der Waals surface area contributed by atoms with Gasteiger partial charge in [-0.15, -0.1) is 11.3 Å². The van der Waals surface area contributed by atoms with Crippen LogP contribution in [0.1, 0.15) is 23.3 Å². The average Bonchev–Trinajstić information content (AvgIpc) is 3.35. The van der Waals surface area contributed by atoms with Crippen LogP contribution in [0.15, 0.2) is 60.0 Å². The minimum Gasteiger partial charge on any atom is -0.376 e. The first-order chi connectivity index (χ1) is 12.8. The van der Waals surface area contributed by atoms with Gasteiger partial charge in [-0.25, -0.2) is 0 Å². The predicted molar refractivity (Wildman–Crippen MR) is 106 cm³/mol. The van der Waals surface area contributed by atoms with Crippen LogP contribution in [0.25, 0.3) is 10.8 Å². The van der Waals surface area contributed by atoms with Crippen LogP contribution in [-0.2, 0) is 22.5 Å². The number of hydrogen-bond donors (Lipinski definition) is 0. The van der Waals surface area contributed by atoms with Crippen LogP contribution in [0.5, 0.6) is 0 Å². The maximum Gasteiger partial charge on any atom is 0.227 e. The van der Waals surface area contributed by atoms with Gasteiger partial charge in [-0.05, 0) is 40.6 Å². The van der Waals surface area contributed by atoms with Crippen LogP contribution >= 0.6 is 11.3 Å². The highest BCUT2D eigenvalue weighted by atomic mass is 32.1. The molecule has 0 bridgehead atoms. The molecule has 2 heterocycles. The van der Waals surface area contributed by atoms with Crippen molar-refractivity contribution in [2.24, 2.45) is 0 Å². The number of fused-ring (bicyclic) bond motifs is 1. The molecule has 134 valence electrons. The van der Waals surface area contributed by atoms with Gasteiger partial charge in [0.05, 0.1) is 19.1 Å². The van der Waals surface area contributed by atoms with Crippen LogP contribution in [0.2, 0.25) is 0 Å². The van der Waals surface area contributed by atoms with Gasteiger partial charge in [-0.1, -0.05) is 48.5 Å². The molecular formula is C22H23NO2S. The molecule has 3 aromatic rings. The van der Waals surface area contributed by atoms with Crippen LogP contribution in [0.3, 0.4) is 0 Å². The number of rotatable bonds is 6. The van der Waals surface area contributed by atoms with Crippen molar-refractivity contribution in [3.63, 3.8) is 0 Å². The summed E-state index contributed by atoms with van der Waals surface area (Å²) in [6.45, 7) is 2.17. The summed E-state index contributed by atoms with van der Waals surface area (Å²) in [4.78, 5) is 16.2. The molecule has 1 unspecified atom stereocenters. The summed E-state index contributed by atoms with van der Waals surface area (Å²) in [7, 11) is 0. The quantitative estimate of drug-likeness (QED) is 0.636. The Morgan fingerprint density at radius 3 is 2.77 bits per heavy atom. The molecule has 3 nitrogen and oxygen atoms in total. The van der Waals surface area contributed by atoms with Gasteiger partial charge in [-0.3, -0.25) is 4.79 Å². The molecule has 26 heavy (non-hydrogen) atoms. The fraction of sp³-hybridized carbons (Fsp3) is 0.318. The largest absolute Gasteiger partial charge is 0.376 e. The van der Waals surface area contributed by atoms with E-state index in [-0.39, 0.29) is 12.0 Å². The zero-order valence-electron chi connectivity index (χ0n) is 14.8. The molecule has 0 aliphatic carbocycles. The SMILES string of the molecule is O=C(Cc1ccc2ccccc2c1)N(Cc1cccs1)CC1CCCO1. The second-order valence-corrected chi connectivity index (χ2v) is 7.88. The molecule has 4 rings (SSSR count). The first-order valence-corrected chi connectivity index (χ1v) is 10.1. The Balaban J connectivity index is 1.50. The highest BCUT2D eigenvalue weighted by Gasteiger charge is 2.23. The summed E-state index contributed by atoms with van der Waals surface area (Å²) in [6.07, 6.45) is 2.75. The number of benzene rings is 2. The number of hydrogen-bond acceptors (Lipinski definition) is 3. The lowest BCUT2D eigenvalue weighted by Crippen LogP contribution is -2.37. The summed E-state index contributed by atoms with van der Waals surface area (Å²) in [5, 5.41) is 4.45. The van der Waals surface area contributed by atoms with Gasteiger partial charge in [0.2, 0.25) is 5.91 Å². The van der Waals surface area contributed by atoms with E-state index < -0.39 is 0 Å². The molecule has 1 saturated heterocycles. The molecule has 1 amide bonds. The van der Waals surface area contributed by atoms with Gasteiger partial charge in [0.1, 0.15) is 0 Å². The van der Waals surface area contributed by atoms with E-state index in [1.807, 2.05) is 23.1 Å². The molecule has 2 aromatic carbocycles. The van der Waals surface area contributed by atoms with Gasteiger partial charge in [0, 0.05) is 18.0 Å². The van der Waals surface area contributed by atoms with Crippen molar-refractivity contribution in [2.75, 3.05) is 13.2 Å². The van der Waals surface area contributed by atoms with E-state index in [9.17, 15) is 4.79 Å². The van der Waals surface area contributed by atoms with E-state index in [0.29, 0.717) is 19.5 Å². The molecule has 1 aromatic heterocycles. The van der Waals surface area contributed by atoms with E-state index in [0.717, 1.165) is 25.0 Å². The highest BCUT2D eigenvalue weighted by molar-refractivity contribution is 7.09. The fourth-order valence-electron chi connectivity index (χ4n) is 3.51. The van der Waals surface area contributed by atoms with Crippen molar-refractivity contribution in [1.82, 2.24) is 4.90 Å². The van der Waals surface area contributed by atoms with Crippen molar-refractivity contribution < 1.29 is 9.53 Å². The van der Waals surface area contributed by atoms with E-state index in [4.69, 9.17) is 4.74 Å². The van der Waals surface area contributed by atoms with E-state index in [1.165, 1.54) is 15.6 Å². The highest BCUT2D eigenvalue weighted by Crippen LogP contribution is 2.20. The van der Waals surface area contributed by atoms with Crippen molar-refractivity contribution in [3.8, 4) is 0 Å². The third-order valence-electron chi connectivity index (χ3n) is 4.90. The van der Waals surface area contributed by atoms with E-state index in [2.05, 4.69) is 41.8 Å². The number of amides is 1. The molecule has 0 spiro atoms. The van der Waals surface area contributed by atoms with Gasteiger partial charge in [0.25, 0.3) is 0 Å². The first-order valence-electron chi connectivity index (χ1n) is 9.17. The number of thiophene rings is 1. The second kappa shape index (κ2) is 8.02. The lowest BCUT2D eigenvalue weighted by Gasteiger charge is -2.25. The first kappa shape index (κ1) is 17.3. The summed E-state index contributed by atoms with van der Waals surface area (Å²) in [5.74, 6) is 0.171. The minimum absolute atomic E-state index is 0.171. The van der Waals surface area contributed by atoms with Crippen molar-refractivity contribution in [3.05, 3.63) is 70.4 Å². The predicted octanol–water partition coefficient (Wildman–Crippen LogP) is 4.65. The van der Waals surface area contributed by atoms with Gasteiger partial charge < -0.3 is 9.64 Å². The molecule has 0 saturated carbocycles. The summed E-state index contributed by atoms with van der Waals surface area (Å²) in [5.41, 5.74) is 1.07. The third kappa shape index (κ3) is 4.14. The van der Waals surface area contributed by atoms with Crippen LogP contribution in [0.4, 0.5) is 0 Å². The average molecular weight is 365 g/mol. The van der Waals surface area contributed by atoms with Crippen molar-refractivity contribution >= 4 is 28.0 Å². The smallest absolute Gasteiger partial charge is 0.227 e. The molecular weight excluding hydrogens is 342 g/mol. The van der Waals surface area contributed by atoms with Crippen molar-refractivity contribution in [2.45, 2.75) is 31.9 Å². The Hall–Kier alpha value is -2.17. The minimum atomic E-state index is 0.171. The Kier molecular flexibility index (Phi) is 5.32. The number of ether oxygens (including phenoxy) is 1. The maximum absolute atomic E-state index is 13.0. The summed E-state index contributed by atoms with van der Waals surface area (Å²) < 4.78 is 5.77. The molecule has 1 fully saturated rings. The van der Waals surface area contributed by atoms with Gasteiger partial charge >= 0.3 is 0 Å². The zero-order valence-corrected chi connectivity index (χ0v) is 15.6. The lowest BCUT2D eigenvalue weighted by molar-refractivity contribution is -0.132. The van der Waals surface area contributed by atoms with Gasteiger partial charge in [-0.2, -0.15) is 0 Å². The molecule has 1 atom stereocenters. The summed E-state index contributed by atoms with van der Waals surface area (Å²) >= 11 is 1.70. The third-order valence-corrected chi connectivity index (χ3v) is 5.76. The Morgan fingerprint density at radius 2 is 2.00 bits per heavy atom. The van der Waals surface area contributed by atoms with E-state index in [1.54, 1.807) is 11.3 Å². The molecule has 4 heteroatoms. The topological polar surface area (TPSA) is 29.5 Å². The Labute approximate surface area is 158 Å². The summed E-state index contributed by atoms with van der Waals surface area (Å²) in [6, 6.07) is 18.7. The Bertz CT molecular complexity index is 869. The zero-order chi connectivity index (χ0) is 17.8. The lowest BCUT2D eigenvalue weighted by atomic mass is 10.0. The Morgan fingerprint density at radius 1 is 1.12 bits per heavy atom. The number of carbonyl (C=O) groups excluding carboxylic acids is 1.